The molecule has 1 saturated heterocycles. The molecule has 0 aliphatic carbocycles. The molecule has 0 spiro atoms. The Hall–Kier alpha value is -0.820. The van der Waals surface area contributed by atoms with E-state index in [1.165, 1.54) is 4.88 Å². The highest BCUT2D eigenvalue weighted by Crippen LogP contribution is 2.21. The van der Waals surface area contributed by atoms with Crippen molar-refractivity contribution in [2.45, 2.75) is 38.7 Å². The molecule has 0 amide bonds. The Balaban J connectivity index is 1.57. The summed E-state index contributed by atoms with van der Waals surface area (Å²) in [5.41, 5.74) is 0. The SMILES string of the molecule is CCNC(=NCCCOCC1CCCO1)NCCc1ccc(Cl)s1. The number of hydrogen-bond acceptors (Lipinski definition) is 4. The molecule has 1 atom stereocenters. The van der Waals surface area contributed by atoms with Gasteiger partial charge in [0.2, 0.25) is 0 Å². The molecule has 5 nitrogen and oxygen atoms in total. The monoisotopic (exact) mass is 373 g/mol. The molecule has 1 aromatic rings. The minimum absolute atomic E-state index is 0.304. The van der Waals surface area contributed by atoms with Gasteiger partial charge in [0.25, 0.3) is 0 Å². The lowest BCUT2D eigenvalue weighted by atomic mass is 10.2. The molecule has 1 aliphatic rings. The maximum Gasteiger partial charge on any atom is 0.191 e. The molecule has 0 bridgehead atoms. The van der Waals surface area contributed by atoms with E-state index in [4.69, 9.17) is 21.1 Å². The fourth-order valence-corrected chi connectivity index (χ4v) is 3.57. The quantitative estimate of drug-likeness (QED) is 0.376. The molecule has 0 saturated carbocycles. The van der Waals surface area contributed by atoms with Gasteiger partial charge in [-0.1, -0.05) is 11.6 Å². The minimum Gasteiger partial charge on any atom is -0.379 e. The van der Waals surface area contributed by atoms with E-state index in [1.54, 1.807) is 11.3 Å². The van der Waals surface area contributed by atoms with Crippen LogP contribution in [0.1, 0.15) is 31.1 Å². The van der Waals surface area contributed by atoms with E-state index < -0.39 is 0 Å². The van der Waals surface area contributed by atoms with Gasteiger partial charge in [-0.3, -0.25) is 4.99 Å². The average Bonchev–Trinajstić information content (AvgIpc) is 3.22. The summed E-state index contributed by atoms with van der Waals surface area (Å²) >= 11 is 7.57. The van der Waals surface area contributed by atoms with Gasteiger partial charge >= 0.3 is 0 Å². The topological polar surface area (TPSA) is 54.9 Å². The second-order valence-electron chi connectivity index (χ2n) is 5.71. The van der Waals surface area contributed by atoms with Gasteiger partial charge in [0.15, 0.2) is 5.96 Å². The van der Waals surface area contributed by atoms with Crippen LogP contribution in [0, 0.1) is 0 Å². The van der Waals surface area contributed by atoms with Crippen LogP contribution in [-0.2, 0) is 15.9 Å². The van der Waals surface area contributed by atoms with Gasteiger partial charge in [0, 0.05) is 37.7 Å². The van der Waals surface area contributed by atoms with E-state index >= 15 is 0 Å². The van der Waals surface area contributed by atoms with Crippen molar-refractivity contribution in [1.82, 2.24) is 10.6 Å². The van der Waals surface area contributed by atoms with E-state index in [9.17, 15) is 0 Å². The number of hydrogen-bond donors (Lipinski definition) is 2. The van der Waals surface area contributed by atoms with E-state index in [2.05, 4.69) is 28.6 Å². The van der Waals surface area contributed by atoms with E-state index in [-0.39, 0.29) is 0 Å². The number of thiophene rings is 1. The van der Waals surface area contributed by atoms with Gasteiger partial charge in [0.05, 0.1) is 17.0 Å². The zero-order valence-corrected chi connectivity index (χ0v) is 15.9. The first-order valence-electron chi connectivity index (χ1n) is 8.73. The minimum atomic E-state index is 0.304. The first-order chi connectivity index (χ1) is 11.8. The van der Waals surface area contributed by atoms with Gasteiger partial charge in [0.1, 0.15) is 0 Å². The van der Waals surface area contributed by atoms with Crippen LogP contribution in [0.5, 0.6) is 0 Å². The molecule has 136 valence electrons. The van der Waals surface area contributed by atoms with Crippen LogP contribution in [0.25, 0.3) is 0 Å². The number of nitrogens with one attached hydrogen (secondary N) is 2. The molecular weight excluding hydrogens is 346 g/mol. The Labute approximate surface area is 153 Å². The third kappa shape index (κ3) is 7.83. The fraction of sp³-hybridized carbons (Fsp3) is 0.706. The summed E-state index contributed by atoms with van der Waals surface area (Å²) in [5.74, 6) is 0.860. The molecule has 24 heavy (non-hydrogen) atoms. The lowest BCUT2D eigenvalue weighted by Gasteiger charge is -2.11. The van der Waals surface area contributed by atoms with Crippen molar-refractivity contribution in [3.8, 4) is 0 Å². The Morgan fingerprint density at radius 1 is 1.46 bits per heavy atom. The molecule has 1 aromatic heterocycles. The fourth-order valence-electron chi connectivity index (χ4n) is 2.48. The van der Waals surface area contributed by atoms with Crippen LogP contribution in [0.3, 0.4) is 0 Å². The predicted octanol–water partition coefficient (Wildman–Crippen LogP) is 3.08. The summed E-state index contributed by atoms with van der Waals surface area (Å²) in [5, 5.41) is 6.62. The molecule has 2 heterocycles. The van der Waals surface area contributed by atoms with Crippen LogP contribution in [0.15, 0.2) is 17.1 Å². The summed E-state index contributed by atoms with van der Waals surface area (Å²) in [6.07, 6.45) is 4.46. The lowest BCUT2D eigenvalue weighted by Crippen LogP contribution is -2.38. The number of halogens is 1. The number of guanidine groups is 1. The van der Waals surface area contributed by atoms with Crippen molar-refractivity contribution in [1.29, 1.82) is 0 Å². The normalized spacial score (nSPS) is 18.1. The van der Waals surface area contributed by atoms with Gasteiger partial charge < -0.3 is 20.1 Å². The van der Waals surface area contributed by atoms with Crippen molar-refractivity contribution >= 4 is 28.9 Å². The maximum absolute atomic E-state index is 5.95. The Kier molecular flexibility index (Phi) is 9.50. The van der Waals surface area contributed by atoms with Gasteiger partial charge in [-0.05, 0) is 44.7 Å². The summed E-state index contributed by atoms with van der Waals surface area (Å²) in [6.45, 7) is 6.85. The third-order valence-electron chi connectivity index (χ3n) is 3.68. The van der Waals surface area contributed by atoms with Gasteiger partial charge in [-0.2, -0.15) is 0 Å². The molecular formula is C17H28ClN3O2S. The number of rotatable bonds is 10. The van der Waals surface area contributed by atoms with Crippen LogP contribution < -0.4 is 10.6 Å². The van der Waals surface area contributed by atoms with Crippen LogP contribution in [0.4, 0.5) is 0 Å². The second kappa shape index (κ2) is 11.7. The lowest BCUT2D eigenvalue weighted by molar-refractivity contribution is 0.0171. The summed E-state index contributed by atoms with van der Waals surface area (Å²) in [7, 11) is 0. The number of nitrogens with zero attached hydrogens (tertiary/aromatic N) is 1. The zero-order valence-electron chi connectivity index (χ0n) is 14.4. The van der Waals surface area contributed by atoms with E-state index in [1.807, 2.05) is 6.07 Å². The molecule has 0 aromatic carbocycles. The van der Waals surface area contributed by atoms with E-state index in [0.29, 0.717) is 12.7 Å². The standard InChI is InChI=1S/C17H28ClN3O2S/c1-2-19-17(21-10-8-15-6-7-16(18)24-15)20-9-4-11-22-13-14-5-3-12-23-14/h6-7,14H,2-5,8-13H2,1H3,(H2,19,20,21). The Morgan fingerprint density at radius 2 is 2.38 bits per heavy atom. The highest BCUT2D eigenvalue weighted by Gasteiger charge is 2.14. The highest BCUT2D eigenvalue weighted by atomic mass is 35.5. The maximum atomic E-state index is 5.95. The second-order valence-corrected chi connectivity index (χ2v) is 7.51. The molecule has 1 aliphatic heterocycles. The zero-order chi connectivity index (χ0) is 17.0. The Morgan fingerprint density at radius 3 is 3.08 bits per heavy atom. The molecule has 7 heteroatoms. The molecule has 1 fully saturated rings. The molecule has 1 unspecified atom stereocenters. The van der Waals surface area contributed by atoms with Gasteiger partial charge in [-0.25, -0.2) is 0 Å². The van der Waals surface area contributed by atoms with Crippen LogP contribution in [-0.4, -0.2) is 51.5 Å². The largest absolute Gasteiger partial charge is 0.379 e. The average molecular weight is 374 g/mol. The Bertz CT molecular complexity index is 490. The summed E-state index contributed by atoms with van der Waals surface area (Å²) in [4.78, 5) is 5.86. The van der Waals surface area contributed by atoms with Gasteiger partial charge in [-0.15, -0.1) is 11.3 Å². The van der Waals surface area contributed by atoms with Crippen molar-refractivity contribution in [3.63, 3.8) is 0 Å². The van der Waals surface area contributed by atoms with Crippen molar-refractivity contribution in [2.24, 2.45) is 4.99 Å². The smallest absolute Gasteiger partial charge is 0.191 e. The summed E-state index contributed by atoms with van der Waals surface area (Å²) < 4.78 is 12.0. The van der Waals surface area contributed by atoms with Crippen molar-refractivity contribution in [2.75, 3.05) is 39.5 Å². The van der Waals surface area contributed by atoms with Crippen LogP contribution in [0.2, 0.25) is 4.34 Å². The van der Waals surface area contributed by atoms with Crippen molar-refractivity contribution in [3.05, 3.63) is 21.3 Å². The third-order valence-corrected chi connectivity index (χ3v) is 4.97. The van der Waals surface area contributed by atoms with Crippen molar-refractivity contribution < 1.29 is 9.47 Å². The highest BCUT2D eigenvalue weighted by molar-refractivity contribution is 7.16. The first-order valence-corrected chi connectivity index (χ1v) is 9.93. The number of ether oxygens (including phenoxy) is 2. The molecule has 0 radical (unpaired) electrons. The molecule has 2 rings (SSSR count). The number of aliphatic imine (C=N–C) groups is 1. The predicted molar refractivity (Wildman–Crippen MR) is 101 cm³/mol. The molecule has 2 N–H and O–H groups in total. The van der Waals surface area contributed by atoms with Crippen LogP contribution >= 0.6 is 22.9 Å². The van der Waals surface area contributed by atoms with E-state index in [0.717, 1.165) is 68.8 Å². The first kappa shape index (κ1) is 19.5. The summed E-state index contributed by atoms with van der Waals surface area (Å²) in [6, 6.07) is 4.02.